The summed E-state index contributed by atoms with van der Waals surface area (Å²) in [6.07, 6.45) is 4.09. The van der Waals surface area contributed by atoms with Gasteiger partial charge < -0.3 is 5.32 Å². The summed E-state index contributed by atoms with van der Waals surface area (Å²) in [4.78, 5) is 14.6. The van der Waals surface area contributed by atoms with Gasteiger partial charge in [0.25, 0.3) is 5.91 Å². The first-order chi connectivity index (χ1) is 13.4. The highest BCUT2D eigenvalue weighted by Crippen LogP contribution is 2.38. The lowest BCUT2D eigenvalue weighted by Gasteiger charge is -2.13. The molecule has 1 atom stereocenters. The number of benzene rings is 1. The Morgan fingerprint density at radius 1 is 1.36 bits per heavy atom. The van der Waals surface area contributed by atoms with Crippen LogP contribution in [0.15, 0.2) is 34.9 Å². The van der Waals surface area contributed by atoms with Crippen LogP contribution in [0.5, 0.6) is 0 Å². The van der Waals surface area contributed by atoms with Crippen molar-refractivity contribution in [2.45, 2.75) is 38.8 Å². The van der Waals surface area contributed by atoms with E-state index < -0.39 is 11.6 Å². The molecule has 1 N–H and O–H groups in total. The fourth-order valence-electron chi connectivity index (χ4n) is 3.48. The predicted octanol–water partition coefficient (Wildman–Crippen LogP) is 4.96. The Morgan fingerprint density at radius 3 is 2.96 bits per heavy atom. The summed E-state index contributed by atoms with van der Waals surface area (Å²) in [5, 5.41) is 7.35. The molecule has 0 radical (unpaired) electrons. The number of nitrogens with zero attached hydrogens (tertiary/aromatic N) is 2. The molecule has 3 heterocycles. The lowest BCUT2D eigenvalue weighted by atomic mass is 10.1. The number of hydrogen-bond donors (Lipinski definition) is 1. The third-order valence-corrected chi connectivity index (χ3v) is 6.53. The second-order valence-electron chi connectivity index (χ2n) is 6.94. The van der Waals surface area contributed by atoms with Gasteiger partial charge in [-0.25, -0.2) is 8.78 Å². The van der Waals surface area contributed by atoms with Crippen LogP contribution in [0.4, 0.5) is 8.78 Å². The molecule has 146 valence electrons. The number of amides is 1. The minimum absolute atomic E-state index is 0.157. The molecule has 4 nitrogen and oxygen atoms in total. The van der Waals surface area contributed by atoms with Crippen LogP contribution in [0.25, 0.3) is 11.3 Å². The number of carbonyl (C=O) groups is 1. The lowest BCUT2D eigenvalue weighted by Crippen LogP contribution is -2.33. The first kappa shape index (κ1) is 19.3. The zero-order valence-corrected chi connectivity index (χ0v) is 17.5. The lowest BCUT2D eigenvalue weighted by molar-refractivity contribution is 0.0944. The van der Waals surface area contributed by atoms with Crippen molar-refractivity contribution in [3.8, 4) is 11.3 Å². The number of aryl methyl sites for hydroxylation is 2. The quantitative estimate of drug-likeness (QED) is 0.591. The fourth-order valence-corrected chi connectivity index (χ4v) is 5.10. The minimum atomic E-state index is -0.875. The Morgan fingerprint density at radius 2 is 2.18 bits per heavy atom. The summed E-state index contributed by atoms with van der Waals surface area (Å²) >= 11 is 5.06. The maximum atomic E-state index is 13.4. The number of aromatic nitrogens is 2. The molecule has 1 aromatic carbocycles. The molecule has 0 unspecified atom stereocenters. The van der Waals surface area contributed by atoms with Gasteiger partial charge in [-0.15, -0.1) is 11.3 Å². The normalized spacial score (nSPS) is 14.1. The van der Waals surface area contributed by atoms with E-state index in [1.807, 2.05) is 17.7 Å². The van der Waals surface area contributed by atoms with Crippen LogP contribution >= 0.6 is 27.3 Å². The Balaban J connectivity index is 1.51. The highest BCUT2D eigenvalue weighted by molar-refractivity contribution is 9.10. The number of thiophene rings is 1. The Kier molecular flexibility index (Phi) is 5.33. The smallest absolute Gasteiger partial charge is 0.261 e. The molecule has 0 aliphatic carbocycles. The second kappa shape index (κ2) is 7.75. The van der Waals surface area contributed by atoms with Crippen LogP contribution in [0.2, 0.25) is 0 Å². The van der Waals surface area contributed by atoms with E-state index in [0.29, 0.717) is 16.9 Å². The molecule has 0 fully saturated rings. The molecule has 1 amide bonds. The average molecular weight is 466 g/mol. The van der Waals surface area contributed by atoms with Gasteiger partial charge in [-0.05, 0) is 65.9 Å². The number of halogens is 3. The van der Waals surface area contributed by atoms with Gasteiger partial charge in [-0.1, -0.05) is 6.07 Å². The van der Waals surface area contributed by atoms with Gasteiger partial charge in [0.15, 0.2) is 11.6 Å². The summed E-state index contributed by atoms with van der Waals surface area (Å²) in [7, 11) is 0. The van der Waals surface area contributed by atoms with E-state index in [4.69, 9.17) is 0 Å². The molecule has 1 aliphatic heterocycles. The van der Waals surface area contributed by atoms with Gasteiger partial charge >= 0.3 is 0 Å². The summed E-state index contributed by atoms with van der Waals surface area (Å²) in [6.45, 7) is 2.71. The molecule has 0 bridgehead atoms. The van der Waals surface area contributed by atoms with E-state index in [-0.39, 0.29) is 11.9 Å². The minimum Gasteiger partial charge on any atom is -0.349 e. The van der Waals surface area contributed by atoms with Gasteiger partial charge in [-0.3, -0.25) is 9.48 Å². The maximum absolute atomic E-state index is 13.4. The third-order valence-electron chi connectivity index (χ3n) is 4.76. The van der Waals surface area contributed by atoms with Gasteiger partial charge in [0.05, 0.1) is 21.2 Å². The van der Waals surface area contributed by atoms with Crippen LogP contribution in [0.3, 0.4) is 0 Å². The van der Waals surface area contributed by atoms with Crippen LogP contribution in [0.1, 0.15) is 33.5 Å². The van der Waals surface area contributed by atoms with E-state index in [0.717, 1.165) is 41.2 Å². The molecule has 0 saturated heterocycles. The van der Waals surface area contributed by atoms with E-state index in [1.165, 1.54) is 28.3 Å². The van der Waals surface area contributed by atoms with Crippen molar-refractivity contribution in [2.75, 3.05) is 0 Å². The highest BCUT2D eigenvalue weighted by atomic mass is 79.9. The topological polar surface area (TPSA) is 46.9 Å². The number of rotatable bonds is 4. The molecular formula is C20H18BrF2N3OS. The van der Waals surface area contributed by atoms with E-state index in [9.17, 15) is 13.6 Å². The van der Waals surface area contributed by atoms with Gasteiger partial charge in [0.1, 0.15) is 0 Å². The summed E-state index contributed by atoms with van der Waals surface area (Å²) in [5.74, 6) is -1.90. The first-order valence-corrected chi connectivity index (χ1v) is 10.6. The molecule has 8 heteroatoms. The fraction of sp³-hybridized carbons (Fsp3) is 0.300. The van der Waals surface area contributed by atoms with Crippen LogP contribution < -0.4 is 5.32 Å². The van der Waals surface area contributed by atoms with Crippen LogP contribution in [-0.4, -0.2) is 21.7 Å². The highest BCUT2D eigenvalue weighted by Gasteiger charge is 2.23. The summed E-state index contributed by atoms with van der Waals surface area (Å²) in [6, 6.07) is 5.52. The van der Waals surface area contributed by atoms with Crippen molar-refractivity contribution in [3.05, 3.63) is 61.9 Å². The molecule has 28 heavy (non-hydrogen) atoms. The van der Waals surface area contributed by atoms with Gasteiger partial charge in [-0.2, -0.15) is 5.10 Å². The number of carbonyl (C=O) groups excluding carboxylic acids is 1. The van der Waals surface area contributed by atoms with Crippen molar-refractivity contribution in [2.24, 2.45) is 0 Å². The molecule has 4 rings (SSSR count). The number of hydrogen-bond acceptors (Lipinski definition) is 3. The van der Waals surface area contributed by atoms with Crippen molar-refractivity contribution >= 4 is 33.2 Å². The summed E-state index contributed by atoms with van der Waals surface area (Å²) < 4.78 is 29.3. The van der Waals surface area contributed by atoms with Crippen LogP contribution in [0, 0.1) is 11.6 Å². The van der Waals surface area contributed by atoms with Crippen molar-refractivity contribution in [1.82, 2.24) is 15.1 Å². The van der Waals surface area contributed by atoms with Gasteiger partial charge in [0, 0.05) is 23.0 Å². The Hall–Kier alpha value is -2.06. The van der Waals surface area contributed by atoms with E-state index in [1.54, 1.807) is 6.20 Å². The zero-order chi connectivity index (χ0) is 19.8. The van der Waals surface area contributed by atoms with Crippen LogP contribution in [-0.2, 0) is 19.4 Å². The molecule has 3 aromatic rings. The molecule has 2 aromatic heterocycles. The zero-order valence-electron chi connectivity index (χ0n) is 15.1. The van der Waals surface area contributed by atoms with E-state index in [2.05, 4.69) is 26.3 Å². The summed E-state index contributed by atoms with van der Waals surface area (Å²) in [5.41, 5.74) is 2.70. The van der Waals surface area contributed by atoms with Gasteiger partial charge in [0.2, 0.25) is 0 Å². The Bertz CT molecular complexity index is 1050. The first-order valence-electron chi connectivity index (χ1n) is 9.01. The molecular weight excluding hydrogens is 448 g/mol. The number of nitrogens with one attached hydrogen (secondary N) is 1. The largest absolute Gasteiger partial charge is 0.349 e. The average Bonchev–Trinajstić information content (AvgIpc) is 3.17. The molecule has 0 spiro atoms. The monoisotopic (exact) mass is 465 g/mol. The molecule has 0 saturated carbocycles. The maximum Gasteiger partial charge on any atom is 0.261 e. The van der Waals surface area contributed by atoms with Crippen molar-refractivity contribution in [3.63, 3.8) is 0 Å². The van der Waals surface area contributed by atoms with E-state index >= 15 is 0 Å². The Labute approximate surface area is 173 Å². The van der Waals surface area contributed by atoms with Crippen molar-refractivity contribution in [1.29, 1.82) is 0 Å². The number of fused-ring (bicyclic) bond motifs is 3. The third kappa shape index (κ3) is 3.75. The van der Waals surface area contributed by atoms with Crippen molar-refractivity contribution < 1.29 is 13.6 Å². The molecule has 1 aliphatic rings. The second-order valence-corrected chi connectivity index (χ2v) is 8.93. The SMILES string of the molecule is C[C@H](Cc1ccc(F)c(F)c1)NC(=O)c1cc2c(s1)CCCn1ncc(Br)c1-2. The predicted molar refractivity (Wildman–Crippen MR) is 109 cm³/mol. The standard InChI is InChI=1S/C20H18BrF2N3OS/c1-11(7-12-4-5-15(22)16(23)8-12)25-20(27)18-9-13-17(28-18)3-2-6-26-19(13)14(21)10-24-26/h4-5,8-11H,2-3,6-7H2,1H3,(H,25,27)/t11-/m1/s1.